The van der Waals surface area contributed by atoms with Gasteiger partial charge in [0.15, 0.2) is 0 Å². The third-order valence-corrected chi connectivity index (χ3v) is 3.70. The summed E-state index contributed by atoms with van der Waals surface area (Å²) in [6.45, 7) is 7.62. The first kappa shape index (κ1) is 12.9. The second-order valence-electron chi connectivity index (χ2n) is 4.63. The molecule has 90 valence electrons. The Morgan fingerprint density at radius 2 is 2.20 bits per heavy atom. The van der Waals surface area contributed by atoms with Gasteiger partial charge in [0.05, 0.1) is 6.61 Å². The number of hydrogen-bond acceptors (Lipinski definition) is 3. The van der Waals surface area contributed by atoms with E-state index in [1.807, 2.05) is 0 Å². The standard InChI is InChI=1S/C12H26N2O/c1-4-10-8-14(7-6-12(10)13)11(5-2)9-15-3/h10-12H,4-9,13H2,1-3H3. The van der Waals surface area contributed by atoms with Gasteiger partial charge in [-0.15, -0.1) is 0 Å². The van der Waals surface area contributed by atoms with Crippen molar-refractivity contribution in [2.24, 2.45) is 11.7 Å². The minimum Gasteiger partial charge on any atom is -0.383 e. The molecular weight excluding hydrogens is 188 g/mol. The molecule has 2 N–H and O–H groups in total. The zero-order valence-corrected chi connectivity index (χ0v) is 10.4. The van der Waals surface area contributed by atoms with E-state index in [1.54, 1.807) is 7.11 Å². The molecule has 3 unspecified atom stereocenters. The molecule has 0 amide bonds. The first-order valence-corrected chi connectivity index (χ1v) is 6.21. The zero-order chi connectivity index (χ0) is 11.3. The van der Waals surface area contributed by atoms with Gasteiger partial charge in [0, 0.05) is 32.3 Å². The van der Waals surface area contributed by atoms with Crippen molar-refractivity contribution >= 4 is 0 Å². The molecule has 1 heterocycles. The predicted molar refractivity (Wildman–Crippen MR) is 63.9 cm³/mol. The Labute approximate surface area is 94.0 Å². The van der Waals surface area contributed by atoms with Gasteiger partial charge in [-0.2, -0.15) is 0 Å². The maximum absolute atomic E-state index is 6.11. The molecule has 1 rings (SSSR count). The van der Waals surface area contributed by atoms with Gasteiger partial charge < -0.3 is 10.5 Å². The van der Waals surface area contributed by atoms with E-state index in [9.17, 15) is 0 Å². The fourth-order valence-corrected chi connectivity index (χ4v) is 2.52. The van der Waals surface area contributed by atoms with Gasteiger partial charge in [0.2, 0.25) is 0 Å². The van der Waals surface area contributed by atoms with Gasteiger partial charge in [-0.25, -0.2) is 0 Å². The van der Waals surface area contributed by atoms with E-state index in [2.05, 4.69) is 18.7 Å². The minimum atomic E-state index is 0.409. The van der Waals surface area contributed by atoms with Crippen LogP contribution in [0.2, 0.25) is 0 Å². The molecule has 0 spiro atoms. The van der Waals surface area contributed by atoms with Crippen LogP contribution in [0.5, 0.6) is 0 Å². The van der Waals surface area contributed by atoms with Crippen LogP contribution in [0.1, 0.15) is 33.1 Å². The molecule has 1 aliphatic heterocycles. The smallest absolute Gasteiger partial charge is 0.0617 e. The zero-order valence-electron chi connectivity index (χ0n) is 10.4. The molecule has 0 aliphatic carbocycles. The average Bonchev–Trinajstić information content (AvgIpc) is 2.27. The van der Waals surface area contributed by atoms with Crippen molar-refractivity contribution in [3.05, 3.63) is 0 Å². The normalized spacial score (nSPS) is 30.4. The summed E-state index contributed by atoms with van der Waals surface area (Å²) in [5, 5.41) is 0. The SMILES string of the molecule is CCC1CN(C(CC)COC)CCC1N. The number of hydrogen-bond donors (Lipinski definition) is 1. The fraction of sp³-hybridized carbons (Fsp3) is 1.00. The molecule has 1 aliphatic rings. The second kappa shape index (κ2) is 6.46. The van der Waals surface area contributed by atoms with Crippen LogP contribution in [0.15, 0.2) is 0 Å². The lowest BCUT2D eigenvalue weighted by molar-refractivity contribution is 0.0501. The van der Waals surface area contributed by atoms with Gasteiger partial charge in [0.1, 0.15) is 0 Å². The van der Waals surface area contributed by atoms with E-state index in [-0.39, 0.29) is 0 Å². The first-order chi connectivity index (χ1) is 7.22. The molecule has 0 aromatic rings. The quantitative estimate of drug-likeness (QED) is 0.753. The lowest BCUT2D eigenvalue weighted by Gasteiger charge is -2.40. The molecule has 3 heteroatoms. The lowest BCUT2D eigenvalue weighted by Crippen LogP contribution is -2.51. The molecule has 3 atom stereocenters. The van der Waals surface area contributed by atoms with E-state index in [0.29, 0.717) is 18.0 Å². The summed E-state index contributed by atoms with van der Waals surface area (Å²) in [6.07, 6.45) is 3.50. The summed E-state index contributed by atoms with van der Waals surface area (Å²) in [7, 11) is 1.79. The highest BCUT2D eigenvalue weighted by Gasteiger charge is 2.28. The average molecular weight is 214 g/mol. The van der Waals surface area contributed by atoms with Crippen molar-refractivity contribution in [1.82, 2.24) is 4.90 Å². The fourth-order valence-electron chi connectivity index (χ4n) is 2.52. The molecule has 1 fully saturated rings. The van der Waals surface area contributed by atoms with E-state index in [0.717, 1.165) is 26.1 Å². The van der Waals surface area contributed by atoms with Crippen LogP contribution in [0.3, 0.4) is 0 Å². The van der Waals surface area contributed by atoms with Crippen molar-refractivity contribution in [2.45, 2.75) is 45.2 Å². The number of rotatable bonds is 5. The maximum Gasteiger partial charge on any atom is 0.0617 e. The Bertz CT molecular complexity index is 175. The number of ether oxygens (including phenoxy) is 1. The molecular formula is C12H26N2O. The molecule has 0 saturated carbocycles. The lowest BCUT2D eigenvalue weighted by atomic mass is 9.89. The van der Waals surface area contributed by atoms with Gasteiger partial charge >= 0.3 is 0 Å². The van der Waals surface area contributed by atoms with Crippen LogP contribution in [0.25, 0.3) is 0 Å². The molecule has 3 nitrogen and oxygen atoms in total. The Balaban J connectivity index is 2.48. The van der Waals surface area contributed by atoms with Crippen LogP contribution in [0, 0.1) is 5.92 Å². The number of nitrogens with zero attached hydrogens (tertiary/aromatic N) is 1. The van der Waals surface area contributed by atoms with Crippen molar-refractivity contribution in [1.29, 1.82) is 0 Å². The summed E-state index contributed by atoms with van der Waals surface area (Å²) >= 11 is 0. The third-order valence-electron chi connectivity index (χ3n) is 3.70. The van der Waals surface area contributed by atoms with E-state index in [1.165, 1.54) is 12.8 Å². The monoisotopic (exact) mass is 214 g/mol. The Hall–Kier alpha value is -0.120. The summed E-state index contributed by atoms with van der Waals surface area (Å²) in [6, 6.07) is 0.989. The van der Waals surface area contributed by atoms with Gasteiger partial charge in [-0.05, 0) is 18.8 Å². The highest BCUT2D eigenvalue weighted by atomic mass is 16.5. The van der Waals surface area contributed by atoms with Crippen LogP contribution in [-0.4, -0.2) is 43.8 Å². The Kier molecular flexibility index (Phi) is 5.58. The topological polar surface area (TPSA) is 38.5 Å². The van der Waals surface area contributed by atoms with Crippen LogP contribution in [-0.2, 0) is 4.74 Å². The molecule has 0 aromatic carbocycles. The minimum absolute atomic E-state index is 0.409. The number of methoxy groups -OCH3 is 1. The first-order valence-electron chi connectivity index (χ1n) is 6.21. The molecule has 15 heavy (non-hydrogen) atoms. The van der Waals surface area contributed by atoms with Gasteiger partial charge in [-0.1, -0.05) is 20.3 Å². The molecule has 0 aromatic heterocycles. The Morgan fingerprint density at radius 1 is 1.47 bits per heavy atom. The van der Waals surface area contributed by atoms with Crippen LogP contribution < -0.4 is 5.73 Å². The van der Waals surface area contributed by atoms with Crippen LogP contribution >= 0.6 is 0 Å². The summed E-state index contributed by atoms with van der Waals surface area (Å²) in [5.74, 6) is 0.671. The van der Waals surface area contributed by atoms with E-state index < -0.39 is 0 Å². The third kappa shape index (κ3) is 3.44. The molecule has 1 saturated heterocycles. The molecule has 0 bridgehead atoms. The molecule has 0 radical (unpaired) electrons. The summed E-state index contributed by atoms with van der Waals surface area (Å²) < 4.78 is 5.27. The Morgan fingerprint density at radius 3 is 2.73 bits per heavy atom. The van der Waals surface area contributed by atoms with E-state index in [4.69, 9.17) is 10.5 Å². The van der Waals surface area contributed by atoms with Gasteiger partial charge in [-0.3, -0.25) is 4.90 Å². The van der Waals surface area contributed by atoms with Crippen LogP contribution in [0.4, 0.5) is 0 Å². The van der Waals surface area contributed by atoms with Crippen molar-refractivity contribution < 1.29 is 4.74 Å². The summed E-state index contributed by atoms with van der Waals surface area (Å²) in [4.78, 5) is 2.56. The van der Waals surface area contributed by atoms with E-state index >= 15 is 0 Å². The second-order valence-corrected chi connectivity index (χ2v) is 4.63. The van der Waals surface area contributed by atoms with Crippen molar-refractivity contribution in [2.75, 3.05) is 26.8 Å². The maximum atomic E-state index is 6.11. The number of piperidine rings is 1. The highest BCUT2D eigenvalue weighted by molar-refractivity contribution is 4.85. The summed E-state index contributed by atoms with van der Waals surface area (Å²) in [5.41, 5.74) is 6.11. The highest BCUT2D eigenvalue weighted by Crippen LogP contribution is 2.21. The predicted octanol–water partition coefficient (Wildman–Crippen LogP) is 1.47. The number of nitrogens with two attached hydrogens (primary N) is 1. The number of likely N-dealkylation sites (tertiary alicyclic amines) is 1. The van der Waals surface area contributed by atoms with Gasteiger partial charge in [0.25, 0.3) is 0 Å². The largest absolute Gasteiger partial charge is 0.383 e. The van der Waals surface area contributed by atoms with Crippen molar-refractivity contribution in [3.63, 3.8) is 0 Å². The van der Waals surface area contributed by atoms with Crippen molar-refractivity contribution in [3.8, 4) is 0 Å².